The van der Waals surface area contributed by atoms with Gasteiger partial charge in [0, 0.05) is 12.6 Å². The number of aromatic amines is 2. The van der Waals surface area contributed by atoms with Crippen molar-refractivity contribution in [3.63, 3.8) is 0 Å². The van der Waals surface area contributed by atoms with E-state index in [2.05, 4.69) is 32.1 Å². The van der Waals surface area contributed by atoms with Gasteiger partial charge in [-0.15, -0.1) is 0 Å². The number of aliphatic hydroxyl groups is 1. The van der Waals surface area contributed by atoms with Crippen LogP contribution < -0.4 is 11.0 Å². The van der Waals surface area contributed by atoms with Crippen LogP contribution in [-0.2, 0) is 0 Å². The lowest BCUT2D eigenvalue weighted by Crippen LogP contribution is -2.15. The quantitative estimate of drug-likeness (QED) is 0.593. The van der Waals surface area contributed by atoms with Gasteiger partial charge in [0.15, 0.2) is 0 Å². The number of nitrogens with one attached hydrogen (secondary N) is 3. The summed E-state index contributed by atoms with van der Waals surface area (Å²) in [4.78, 5) is 31.5. The summed E-state index contributed by atoms with van der Waals surface area (Å²) < 4.78 is 0. The van der Waals surface area contributed by atoms with Gasteiger partial charge in [-0.1, -0.05) is 12.0 Å². The third-order valence-corrected chi connectivity index (χ3v) is 2.28. The van der Waals surface area contributed by atoms with Crippen molar-refractivity contribution in [3.05, 3.63) is 46.3 Å². The van der Waals surface area contributed by atoms with Gasteiger partial charge in [-0.25, -0.2) is 9.78 Å². The number of imidazole rings is 1. The van der Waals surface area contributed by atoms with E-state index >= 15 is 0 Å². The molecule has 7 nitrogen and oxygen atoms in total. The van der Waals surface area contributed by atoms with E-state index in [4.69, 9.17) is 5.11 Å². The Bertz CT molecular complexity index is 721. The summed E-state index contributed by atoms with van der Waals surface area (Å²) in [5, 5.41) is 11.2. The number of aliphatic hydroxyl groups excluding tert-OH is 1. The number of hydrogen-bond donors (Lipinski definition) is 4. The maximum atomic E-state index is 11.8. The highest BCUT2D eigenvalue weighted by molar-refractivity contribution is 6.02. The van der Waals surface area contributed by atoms with Crippen LogP contribution in [0, 0.1) is 11.8 Å². The highest BCUT2D eigenvalue weighted by Crippen LogP contribution is 2.05. The van der Waals surface area contributed by atoms with Gasteiger partial charge >= 0.3 is 5.69 Å². The Kier molecular flexibility index (Phi) is 4.32. The molecule has 0 spiro atoms. The van der Waals surface area contributed by atoms with Crippen molar-refractivity contribution in [2.75, 3.05) is 11.9 Å². The average Bonchev–Trinajstić information content (AvgIpc) is 2.86. The van der Waals surface area contributed by atoms with Crippen LogP contribution in [-0.4, -0.2) is 32.6 Å². The Hall–Kier alpha value is -2.85. The number of pyridine rings is 1. The van der Waals surface area contributed by atoms with Crippen molar-refractivity contribution < 1.29 is 9.90 Å². The van der Waals surface area contributed by atoms with Crippen LogP contribution >= 0.6 is 0 Å². The molecule has 1 amide bonds. The van der Waals surface area contributed by atoms with Gasteiger partial charge in [0.1, 0.15) is 17.2 Å². The van der Waals surface area contributed by atoms with Gasteiger partial charge in [-0.2, -0.15) is 0 Å². The van der Waals surface area contributed by atoms with E-state index < -0.39 is 11.6 Å². The summed E-state index contributed by atoms with van der Waals surface area (Å²) in [7, 11) is 0. The third-order valence-electron chi connectivity index (χ3n) is 2.28. The standard InChI is InChI=1S/C13H12N4O3/c18-7-2-1-4-9-5-3-6-11(15-9)17-12(19)10-8-14-13(20)16-10/h3,5-6,8,18H,2,7H2,(H2,14,16,20)(H,15,17,19). The fraction of sp³-hybridized carbons (Fsp3) is 0.154. The lowest BCUT2D eigenvalue weighted by Gasteiger charge is -2.02. The monoisotopic (exact) mass is 272 g/mol. The van der Waals surface area contributed by atoms with E-state index in [1.165, 1.54) is 6.20 Å². The molecule has 0 unspecified atom stereocenters. The van der Waals surface area contributed by atoms with Gasteiger partial charge in [0.2, 0.25) is 0 Å². The number of aromatic nitrogens is 3. The zero-order chi connectivity index (χ0) is 14.4. The van der Waals surface area contributed by atoms with Gasteiger partial charge < -0.3 is 20.4 Å². The molecular weight excluding hydrogens is 260 g/mol. The molecule has 4 N–H and O–H groups in total. The van der Waals surface area contributed by atoms with Gasteiger partial charge in [0.05, 0.1) is 6.61 Å². The van der Waals surface area contributed by atoms with Crippen molar-refractivity contribution in [2.24, 2.45) is 0 Å². The highest BCUT2D eigenvalue weighted by atomic mass is 16.2. The number of H-pyrrole nitrogens is 2. The molecule has 0 aliphatic rings. The second kappa shape index (κ2) is 6.36. The Labute approximate surface area is 114 Å². The molecule has 2 aromatic rings. The third kappa shape index (κ3) is 3.57. The van der Waals surface area contributed by atoms with E-state index in [9.17, 15) is 9.59 Å². The average molecular weight is 272 g/mol. The number of carbonyl (C=O) groups excluding carboxylic acids is 1. The summed E-state index contributed by atoms with van der Waals surface area (Å²) in [5.74, 6) is 5.36. The molecule has 0 aliphatic carbocycles. The van der Waals surface area contributed by atoms with E-state index in [0.717, 1.165) is 0 Å². The van der Waals surface area contributed by atoms with E-state index in [1.807, 2.05) is 0 Å². The van der Waals surface area contributed by atoms with Crippen molar-refractivity contribution >= 4 is 11.7 Å². The second-order valence-electron chi connectivity index (χ2n) is 3.79. The molecule has 0 aliphatic heterocycles. The first-order valence-corrected chi connectivity index (χ1v) is 5.85. The van der Waals surface area contributed by atoms with E-state index in [-0.39, 0.29) is 12.3 Å². The summed E-state index contributed by atoms with van der Waals surface area (Å²) in [6, 6.07) is 5.00. The molecule has 0 atom stereocenters. The fourth-order valence-electron chi connectivity index (χ4n) is 1.42. The lowest BCUT2D eigenvalue weighted by molar-refractivity contribution is 0.102. The Morgan fingerprint density at radius 2 is 2.30 bits per heavy atom. The summed E-state index contributed by atoms with van der Waals surface area (Å²) in [6.07, 6.45) is 1.64. The molecule has 0 fully saturated rings. The molecule has 0 saturated carbocycles. The molecule has 2 rings (SSSR count). The SMILES string of the molecule is O=C(Nc1cccc(C#CCCO)n1)c1c[nH]c(=O)[nH]1. The van der Waals surface area contributed by atoms with Crippen LogP contribution in [0.15, 0.2) is 29.2 Å². The fourth-order valence-corrected chi connectivity index (χ4v) is 1.42. The summed E-state index contributed by atoms with van der Waals surface area (Å²) in [5.41, 5.74) is 0.152. The normalized spacial score (nSPS) is 9.65. The molecule has 2 heterocycles. The van der Waals surface area contributed by atoms with Crippen molar-refractivity contribution in [2.45, 2.75) is 6.42 Å². The van der Waals surface area contributed by atoms with Crippen LogP contribution in [0.3, 0.4) is 0 Å². The minimum Gasteiger partial charge on any atom is -0.395 e. The van der Waals surface area contributed by atoms with Crippen LogP contribution in [0.2, 0.25) is 0 Å². The topological polar surface area (TPSA) is 111 Å². The van der Waals surface area contributed by atoms with Crippen LogP contribution in [0.5, 0.6) is 0 Å². The number of amides is 1. The molecule has 0 aromatic carbocycles. The molecule has 20 heavy (non-hydrogen) atoms. The van der Waals surface area contributed by atoms with Crippen molar-refractivity contribution in [1.82, 2.24) is 15.0 Å². The first-order chi connectivity index (χ1) is 9.69. The zero-order valence-corrected chi connectivity index (χ0v) is 10.4. The Morgan fingerprint density at radius 3 is 3.00 bits per heavy atom. The number of nitrogens with zero attached hydrogens (tertiary/aromatic N) is 1. The van der Waals surface area contributed by atoms with Crippen molar-refractivity contribution in [1.29, 1.82) is 0 Å². The van der Waals surface area contributed by atoms with Crippen LogP contribution in [0.4, 0.5) is 5.82 Å². The molecule has 0 radical (unpaired) electrons. The predicted molar refractivity (Wildman–Crippen MR) is 72.2 cm³/mol. The number of anilines is 1. The Morgan fingerprint density at radius 1 is 1.45 bits per heavy atom. The van der Waals surface area contributed by atoms with Gasteiger partial charge in [-0.3, -0.25) is 4.79 Å². The summed E-state index contributed by atoms with van der Waals surface area (Å²) in [6.45, 7) is -0.00964. The minimum absolute atomic E-state index is 0.00964. The number of rotatable bonds is 3. The first-order valence-electron chi connectivity index (χ1n) is 5.85. The van der Waals surface area contributed by atoms with Gasteiger partial charge in [-0.05, 0) is 18.1 Å². The van der Waals surface area contributed by atoms with Gasteiger partial charge in [0.25, 0.3) is 5.91 Å². The Balaban J connectivity index is 2.10. The number of carbonyl (C=O) groups is 1. The predicted octanol–water partition coefficient (Wildman–Crippen LogP) is 0.0842. The van der Waals surface area contributed by atoms with Crippen LogP contribution in [0.1, 0.15) is 22.6 Å². The van der Waals surface area contributed by atoms with E-state index in [0.29, 0.717) is 17.9 Å². The van der Waals surface area contributed by atoms with Crippen LogP contribution in [0.25, 0.3) is 0 Å². The smallest absolute Gasteiger partial charge is 0.323 e. The molecule has 0 saturated heterocycles. The first kappa shape index (κ1) is 13.6. The largest absolute Gasteiger partial charge is 0.395 e. The molecule has 2 aromatic heterocycles. The van der Waals surface area contributed by atoms with E-state index in [1.54, 1.807) is 18.2 Å². The second-order valence-corrected chi connectivity index (χ2v) is 3.79. The summed E-state index contributed by atoms with van der Waals surface area (Å²) >= 11 is 0. The maximum Gasteiger partial charge on any atom is 0.323 e. The zero-order valence-electron chi connectivity index (χ0n) is 10.4. The van der Waals surface area contributed by atoms with Crippen molar-refractivity contribution in [3.8, 4) is 11.8 Å². The highest BCUT2D eigenvalue weighted by Gasteiger charge is 2.08. The lowest BCUT2D eigenvalue weighted by atomic mass is 10.3. The number of hydrogen-bond acceptors (Lipinski definition) is 4. The molecule has 102 valence electrons. The molecular formula is C13H12N4O3. The molecule has 7 heteroatoms. The maximum absolute atomic E-state index is 11.8. The minimum atomic E-state index is -0.476. The molecule has 0 bridgehead atoms.